The van der Waals surface area contributed by atoms with E-state index in [2.05, 4.69) is 15.5 Å². The molecule has 1 aliphatic rings. The van der Waals surface area contributed by atoms with Crippen molar-refractivity contribution in [1.29, 1.82) is 0 Å². The van der Waals surface area contributed by atoms with E-state index in [-0.39, 0.29) is 5.24 Å². The van der Waals surface area contributed by atoms with Crippen molar-refractivity contribution in [3.63, 3.8) is 0 Å². The number of rotatable bonds is 6. The lowest BCUT2D eigenvalue weighted by atomic mass is 10.1. The van der Waals surface area contributed by atoms with Crippen molar-refractivity contribution in [2.45, 2.75) is 20.5 Å². The van der Waals surface area contributed by atoms with E-state index >= 15 is 0 Å². The standard InChI is InChI=1S/C23H21N3O4S/c1-14-18(15(2)30-26-14)13-29-19-10-9-16(11-20(19)28-3)12-21-22(25-23(27)31-21)24-17-7-5-4-6-8-17/h4-12H,13H2,1-3H3,(H,24,25,27)/b21-12-. The summed E-state index contributed by atoms with van der Waals surface area (Å²) in [7, 11) is 1.59. The van der Waals surface area contributed by atoms with E-state index in [4.69, 9.17) is 14.0 Å². The molecule has 0 radical (unpaired) electrons. The number of benzene rings is 2. The number of nitrogens with zero attached hydrogens (tertiary/aromatic N) is 2. The number of aryl methyl sites for hydroxylation is 2. The van der Waals surface area contributed by atoms with Crippen LogP contribution in [0.25, 0.3) is 6.08 Å². The molecule has 0 atom stereocenters. The van der Waals surface area contributed by atoms with Crippen molar-refractivity contribution in [2.24, 2.45) is 4.99 Å². The van der Waals surface area contributed by atoms with E-state index in [1.165, 1.54) is 0 Å². The molecule has 2 heterocycles. The van der Waals surface area contributed by atoms with Crippen molar-refractivity contribution in [1.82, 2.24) is 10.5 Å². The smallest absolute Gasteiger partial charge is 0.289 e. The fraction of sp³-hybridized carbons (Fsp3) is 0.174. The van der Waals surface area contributed by atoms with Gasteiger partial charge in [0.25, 0.3) is 5.24 Å². The van der Waals surface area contributed by atoms with Crippen molar-refractivity contribution < 1.29 is 18.8 Å². The van der Waals surface area contributed by atoms with Crippen LogP contribution in [-0.2, 0) is 6.61 Å². The first-order valence-corrected chi connectivity index (χ1v) is 10.4. The molecule has 3 aromatic rings. The second-order valence-corrected chi connectivity index (χ2v) is 7.84. The number of amidine groups is 1. The van der Waals surface area contributed by atoms with E-state index in [9.17, 15) is 4.79 Å². The highest BCUT2D eigenvalue weighted by atomic mass is 32.2. The van der Waals surface area contributed by atoms with Gasteiger partial charge in [-0.25, -0.2) is 4.99 Å². The summed E-state index contributed by atoms with van der Waals surface area (Å²) in [6, 6.07) is 15.1. The van der Waals surface area contributed by atoms with Crippen LogP contribution in [0.1, 0.15) is 22.6 Å². The van der Waals surface area contributed by atoms with Crippen LogP contribution in [0.3, 0.4) is 0 Å². The molecule has 1 saturated heterocycles. The second-order valence-electron chi connectivity index (χ2n) is 6.82. The summed E-state index contributed by atoms with van der Waals surface area (Å²) in [6.45, 7) is 4.07. The van der Waals surface area contributed by atoms with Crippen LogP contribution in [0.15, 0.2) is 63.0 Å². The Morgan fingerprint density at radius 2 is 1.97 bits per heavy atom. The van der Waals surface area contributed by atoms with Crippen LogP contribution in [-0.4, -0.2) is 23.3 Å². The second kappa shape index (κ2) is 9.09. The van der Waals surface area contributed by atoms with Crippen molar-refractivity contribution in [2.75, 3.05) is 7.11 Å². The van der Waals surface area contributed by atoms with Gasteiger partial charge in [0.15, 0.2) is 11.5 Å². The molecule has 1 fully saturated rings. The summed E-state index contributed by atoms with van der Waals surface area (Å²) in [4.78, 5) is 17.2. The zero-order valence-electron chi connectivity index (χ0n) is 17.3. The number of aromatic nitrogens is 1. The molecule has 1 N–H and O–H groups in total. The van der Waals surface area contributed by atoms with Gasteiger partial charge in [-0.05, 0) is 61.5 Å². The van der Waals surface area contributed by atoms with Gasteiger partial charge in [-0.15, -0.1) is 0 Å². The number of carbonyl (C=O) groups excluding carboxylic acids is 1. The van der Waals surface area contributed by atoms with Gasteiger partial charge in [0.1, 0.15) is 18.2 Å². The van der Waals surface area contributed by atoms with Crippen molar-refractivity contribution >= 4 is 34.6 Å². The molecule has 1 amide bonds. The topological polar surface area (TPSA) is 86.0 Å². The Labute approximate surface area is 184 Å². The molecule has 2 aromatic carbocycles. The van der Waals surface area contributed by atoms with Gasteiger partial charge >= 0.3 is 0 Å². The molecular weight excluding hydrogens is 414 g/mol. The highest BCUT2D eigenvalue weighted by Crippen LogP contribution is 2.33. The minimum atomic E-state index is -0.160. The van der Waals surface area contributed by atoms with Crippen LogP contribution in [0.4, 0.5) is 10.5 Å². The van der Waals surface area contributed by atoms with Crippen LogP contribution < -0.4 is 14.8 Å². The summed E-state index contributed by atoms with van der Waals surface area (Å²) in [5.74, 6) is 2.46. The third kappa shape index (κ3) is 4.80. The quantitative estimate of drug-likeness (QED) is 0.557. The molecule has 0 spiro atoms. The molecule has 158 valence electrons. The largest absolute Gasteiger partial charge is 0.493 e. The lowest BCUT2D eigenvalue weighted by molar-refractivity contribution is 0.265. The Hall–Kier alpha value is -3.52. The Morgan fingerprint density at radius 1 is 1.16 bits per heavy atom. The maximum atomic E-state index is 11.9. The maximum Gasteiger partial charge on any atom is 0.289 e. The number of thioether (sulfide) groups is 1. The fourth-order valence-corrected chi connectivity index (χ4v) is 3.78. The summed E-state index contributed by atoms with van der Waals surface area (Å²) in [5, 5.41) is 6.58. The van der Waals surface area contributed by atoms with E-state index in [0.29, 0.717) is 23.9 Å². The van der Waals surface area contributed by atoms with Gasteiger partial charge in [-0.1, -0.05) is 29.4 Å². The Bertz CT molecular complexity index is 1150. The number of methoxy groups -OCH3 is 1. The molecule has 4 rings (SSSR count). The minimum Gasteiger partial charge on any atom is -0.493 e. The zero-order chi connectivity index (χ0) is 21.8. The van der Waals surface area contributed by atoms with Crippen LogP contribution in [0.2, 0.25) is 0 Å². The zero-order valence-corrected chi connectivity index (χ0v) is 18.2. The first kappa shape index (κ1) is 20.7. The van der Waals surface area contributed by atoms with Gasteiger partial charge in [0.05, 0.1) is 29.0 Å². The third-order valence-electron chi connectivity index (χ3n) is 4.69. The van der Waals surface area contributed by atoms with Gasteiger partial charge in [0, 0.05) is 0 Å². The first-order valence-electron chi connectivity index (χ1n) is 9.60. The lowest BCUT2D eigenvalue weighted by Gasteiger charge is -2.11. The number of hydrogen-bond donors (Lipinski definition) is 1. The average Bonchev–Trinajstić information content (AvgIpc) is 3.28. The third-order valence-corrected chi connectivity index (χ3v) is 5.51. The number of amides is 1. The maximum absolute atomic E-state index is 11.9. The molecular formula is C23H21N3O4S. The molecule has 0 unspecified atom stereocenters. The highest BCUT2D eigenvalue weighted by molar-refractivity contribution is 8.18. The number of ether oxygens (including phenoxy) is 2. The van der Waals surface area contributed by atoms with E-state index in [1.54, 1.807) is 7.11 Å². The van der Waals surface area contributed by atoms with Crippen molar-refractivity contribution in [3.05, 3.63) is 76.0 Å². The van der Waals surface area contributed by atoms with Gasteiger partial charge in [0.2, 0.25) is 0 Å². The number of aliphatic imine (C=N–C) groups is 1. The van der Waals surface area contributed by atoms with E-state index < -0.39 is 0 Å². The number of carbonyl (C=O) groups is 1. The number of hydrogen-bond acceptors (Lipinski definition) is 7. The molecule has 0 aliphatic carbocycles. The molecule has 0 saturated carbocycles. The minimum absolute atomic E-state index is 0.160. The summed E-state index contributed by atoms with van der Waals surface area (Å²) >= 11 is 1.11. The summed E-state index contributed by atoms with van der Waals surface area (Å²) in [5.41, 5.74) is 3.36. The van der Waals surface area contributed by atoms with Crippen molar-refractivity contribution in [3.8, 4) is 11.5 Å². The fourth-order valence-electron chi connectivity index (χ4n) is 3.05. The monoisotopic (exact) mass is 435 g/mol. The normalized spacial score (nSPS) is 16.0. The van der Waals surface area contributed by atoms with Gasteiger partial charge in [-0.3, -0.25) is 4.79 Å². The van der Waals surface area contributed by atoms with Crippen LogP contribution in [0.5, 0.6) is 11.5 Å². The molecule has 1 aromatic heterocycles. The van der Waals surface area contributed by atoms with Crippen LogP contribution in [0, 0.1) is 13.8 Å². The Balaban J connectivity index is 1.57. The molecule has 7 nitrogen and oxygen atoms in total. The van der Waals surface area contributed by atoms with E-state index in [1.807, 2.05) is 68.5 Å². The number of para-hydroxylation sites is 1. The summed E-state index contributed by atoms with van der Waals surface area (Å²) < 4.78 is 16.6. The van der Waals surface area contributed by atoms with Crippen LogP contribution >= 0.6 is 11.8 Å². The molecule has 0 bridgehead atoms. The Morgan fingerprint density at radius 3 is 2.68 bits per heavy atom. The predicted octanol–water partition coefficient (Wildman–Crippen LogP) is 5.41. The lowest BCUT2D eigenvalue weighted by Crippen LogP contribution is -2.18. The molecule has 31 heavy (non-hydrogen) atoms. The first-order chi connectivity index (χ1) is 15.0. The van der Waals surface area contributed by atoms with E-state index in [0.717, 1.165) is 44.9 Å². The predicted molar refractivity (Wildman–Crippen MR) is 121 cm³/mol. The average molecular weight is 436 g/mol. The molecule has 1 aliphatic heterocycles. The molecule has 8 heteroatoms. The van der Waals surface area contributed by atoms with Gasteiger partial charge < -0.3 is 19.3 Å². The number of nitrogens with one attached hydrogen (secondary N) is 1. The van der Waals surface area contributed by atoms with Gasteiger partial charge in [-0.2, -0.15) is 0 Å². The summed E-state index contributed by atoms with van der Waals surface area (Å²) in [6.07, 6.45) is 1.89. The highest BCUT2D eigenvalue weighted by Gasteiger charge is 2.23. The SMILES string of the molecule is COc1cc(/C=C2\SC(=O)NC2=Nc2ccccc2)ccc1OCc1c(C)noc1C. The Kier molecular flexibility index (Phi) is 6.08.